The topological polar surface area (TPSA) is 9.23 Å². The van der Waals surface area contributed by atoms with Crippen LogP contribution in [0, 0.1) is 29.5 Å². The average molecular weight is 493 g/mol. The Balaban J connectivity index is 1.22. The molecule has 0 N–H and O–H groups in total. The lowest BCUT2D eigenvalue weighted by Crippen LogP contribution is -2.25. The molecule has 4 rings (SSSR count). The van der Waals surface area contributed by atoms with Crippen molar-refractivity contribution in [2.24, 2.45) is 23.7 Å². The van der Waals surface area contributed by atoms with Crippen LogP contribution in [0.25, 0.3) is 0 Å². The van der Waals surface area contributed by atoms with Gasteiger partial charge in [0.25, 0.3) is 0 Å². The van der Waals surface area contributed by atoms with E-state index in [1.165, 1.54) is 57.8 Å². The summed E-state index contributed by atoms with van der Waals surface area (Å²) in [6.45, 7) is 2.33. The Kier molecular flexibility index (Phi) is 8.50. The van der Waals surface area contributed by atoms with Crippen LogP contribution in [0.3, 0.4) is 0 Å². The number of halogens is 4. The molecule has 0 aliphatic heterocycles. The number of alkyl halides is 2. The maximum atomic E-state index is 14.4. The lowest BCUT2D eigenvalue weighted by atomic mass is 9.68. The van der Waals surface area contributed by atoms with Crippen molar-refractivity contribution in [1.29, 1.82) is 0 Å². The Morgan fingerprint density at radius 1 is 0.853 bits per heavy atom. The quantitative estimate of drug-likeness (QED) is 0.356. The predicted octanol–water partition coefficient (Wildman–Crippen LogP) is 9.56. The van der Waals surface area contributed by atoms with Gasteiger partial charge < -0.3 is 4.74 Å². The van der Waals surface area contributed by atoms with E-state index >= 15 is 0 Å². The zero-order valence-corrected chi connectivity index (χ0v) is 20.8. The van der Waals surface area contributed by atoms with Crippen molar-refractivity contribution < 1.29 is 17.9 Å². The first-order valence-corrected chi connectivity index (χ1v) is 13.3. The van der Waals surface area contributed by atoms with Crippen molar-refractivity contribution in [3.63, 3.8) is 0 Å². The molecule has 186 valence electrons. The SMILES string of the molecule is CCC1CCC(C2CCC(CCc3ccc(OC(F)(F)c4ccc(Cl)c(F)c4)cc3)CC2)CC1. The molecular formula is C29H36ClF3O. The third-order valence-corrected chi connectivity index (χ3v) is 8.60. The maximum absolute atomic E-state index is 14.4. The third-order valence-electron chi connectivity index (χ3n) is 8.29. The fraction of sp³-hybridized carbons (Fsp3) is 0.586. The van der Waals surface area contributed by atoms with Crippen LogP contribution in [-0.4, -0.2) is 0 Å². The molecule has 0 spiro atoms. The molecular weight excluding hydrogens is 457 g/mol. The van der Waals surface area contributed by atoms with E-state index < -0.39 is 17.5 Å². The molecule has 2 aliphatic rings. The van der Waals surface area contributed by atoms with E-state index in [1.54, 1.807) is 12.1 Å². The highest BCUT2D eigenvalue weighted by molar-refractivity contribution is 6.30. The molecule has 0 bridgehead atoms. The Labute approximate surface area is 207 Å². The Morgan fingerprint density at radius 3 is 2.00 bits per heavy atom. The van der Waals surface area contributed by atoms with Gasteiger partial charge in [-0.3, -0.25) is 0 Å². The summed E-state index contributed by atoms with van der Waals surface area (Å²) in [6, 6.07) is 9.73. The Bertz CT molecular complexity index is 913. The summed E-state index contributed by atoms with van der Waals surface area (Å²) in [4.78, 5) is 0. The highest BCUT2D eigenvalue weighted by Crippen LogP contribution is 2.42. The first-order valence-electron chi connectivity index (χ1n) is 13.0. The molecule has 5 heteroatoms. The lowest BCUT2D eigenvalue weighted by Gasteiger charge is -2.37. The zero-order chi connectivity index (χ0) is 24.1. The number of hydrogen-bond acceptors (Lipinski definition) is 1. The maximum Gasteiger partial charge on any atom is 0.426 e. The van der Waals surface area contributed by atoms with Gasteiger partial charge in [0.15, 0.2) is 0 Å². The van der Waals surface area contributed by atoms with Gasteiger partial charge in [-0.15, -0.1) is 0 Å². The second kappa shape index (κ2) is 11.4. The molecule has 0 unspecified atom stereocenters. The number of aryl methyl sites for hydroxylation is 1. The van der Waals surface area contributed by atoms with Gasteiger partial charge in [0, 0.05) is 0 Å². The van der Waals surface area contributed by atoms with Gasteiger partial charge in [-0.05, 0) is 98.1 Å². The second-order valence-corrected chi connectivity index (χ2v) is 10.8. The number of ether oxygens (including phenoxy) is 1. The molecule has 0 atom stereocenters. The minimum atomic E-state index is -3.64. The van der Waals surface area contributed by atoms with E-state index in [0.29, 0.717) is 6.07 Å². The summed E-state index contributed by atoms with van der Waals surface area (Å²) < 4.78 is 47.3. The largest absolute Gasteiger partial charge is 0.429 e. The third kappa shape index (κ3) is 6.50. The molecule has 0 aromatic heterocycles. The summed E-state index contributed by atoms with van der Waals surface area (Å²) in [7, 11) is 0. The minimum Gasteiger partial charge on any atom is -0.429 e. The van der Waals surface area contributed by atoms with Crippen molar-refractivity contribution in [2.75, 3.05) is 0 Å². The van der Waals surface area contributed by atoms with Gasteiger partial charge in [-0.25, -0.2) is 4.39 Å². The van der Waals surface area contributed by atoms with E-state index in [1.807, 2.05) is 12.1 Å². The molecule has 0 amide bonds. The molecule has 0 saturated heterocycles. The summed E-state index contributed by atoms with van der Waals surface area (Å²) >= 11 is 5.59. The molecule has 2 aliphatic carbocycles. The van der Waals surface area contributed by atoms with E-state index in [4.69, 9.17) is 16.3 Å². The summed E-state index contributed by atoms with van der Waals surface area (Å²) in [5.41, 5.74) is 0.570. The van der Waals surface area contributed by atoms with Crippen LogP contribution in [0.2, 0.25) is 5.02 Å². The van der Waals surface area contributed by atoms with Crippen molar-refractivity contribution in [1.82, 2.24) is 0 Å². The van der Waals surface area contributed by atoms with Gasteiger partial charge in [-0.2, -0.15) is 8.78 Å². The van der Waals surface area contributed by atoms with Crippen LogP contribution in [0.1, 0.15) is 82.3 Å². The van der Waals surface area contributed by atoms with Crippen molar-refractivity contribution in [3.05, 3.63) is 64.4 Å². The first kappa shape index (κ1) is 25.4. The lowest BCUT2D eigenvalue weighted by molar-refractivity contribution is -0.185. The standard InChI is InChI=1S/C29H36ClF3O/c1-2-20-5-11-23(12-6-20)24-13-7-21(8-14-24)3-4-22-9-16-26(17-10-22)34-29(32,33)25-15-18-27(30)28(31)19-25/h9-10,15-21,23-24H,2-8,11-14H2,1H3. The smallest absolute Gasteiger partial charge is 0.426 e. The van der Waals surface area contributed by atoms with E-state index in [9.17, 15) is 13.2 Å². The van der Waals surface area contributed by atoms with Crippen LogP contribution in [0.4, 0.5) is 13.2 Å². The van der Waals surface area contributed by atoms with Gasteiger partial charge >= 0.3 is 6.11 Å². The Hall–Kier alpha value is -1.68. The first-order chi connectivity index (χ1) is 16.3. The van der Waals surface area contributed by atoms with Gasteiger partial charge in [0.05, 0.1) is 10.6 Å². The second-order valence-electron chi connectivity index (χ2n) is 10.4. The van der Waals surface area contributed by atoms with E-state index in [0.717, 1.165) is 54.2 Å². The van der Waals surface area contributed by atoms with E-state index in [2.05, 4.69) is 6.92 Å². The fourth-order valence-electron chi connectivity index (χ4n) is 6.00. The Morgan fingerprint density at radius 2 is 1.44 bits per heavy atom. The molecule has 34 heavy (non-hydrogen) atoms. The number of benzene rings is 2. The van der Waals surface area contributed by atoms with Crippen LogP contribution in [0.5, 0.6) is 5.75 Å². The van der Waals surface area contributed by atoms with Crippen molar-refractivity contribution >= 4 is 11.6 Å². The molecule has 0 heterocycles. The zero-order valence-electron chi connectivity index (χ0n) is 20.0. The molecule has 2 fully saturated rings. The average Bonchev–Trinajstić information content (AvgIpc) is 2.85. The molecule has 1 nitrogen and oxygen atoms in total. The van der Waals surface area contributed by atoms with Gasteiger partial charge in [-0.1, -0.05) is 62.8 Å². The summed E-state index contributed by atoms with van der Waals surface area (Å²) in [6.07, 6.45) is 10.9. The minimum absolute atomic E-state index is 0.0578. The molecule has 2 saturated carbocycles. The molecule has 0 radical (unpaired) electrons. The van der Waals surface area contributed by atoms with Crippen molar-refractivity contribution in [2.45, 2.75) is 83.7 Å². The molecule has 2 aromatic rings. The fourth-order valence-corrected chi connectivity index (χ4v) is 6.11. The van der Waals surface area contributed by atoms with Crippen LogP contribution in [-0.2, 0) is 12.5 Å². The van der Waals surface area contributed by atoms with Gasteiger partial charge in [0.2, 0.25) is 0 Å². The van der Waals surface area contributed by atoms with Crippen LogP contribution < -0.4 is 4.74 Å². The highest BCUT2D eigenvalue weighted by atomic mass is 35.5. The normalized spacial score (nSPS) is 25.8. The number of hydrogen-bond donors (Lipinski definition) is 0. The number of rotatable bonds is 8. The summed E-state index contributed by atoms with van der Waals surface area (Å²) in [5, 5.41) is -0.198. The van der Waals surface area contributed by atoms with Crippen LogP contribution >= 0.6 is 11.6 Å². The van der Waals surface area contributed by atoms with Crippen LogP contribution in [0.15, 0.2) is 42.5 Å². The van der Waals surface area contributed by atoms with Gasteiger partial charge in [0.1, 0.15) is 11.6 Å². The van der Waals surface area contributed by atoms with E-state index in [-0.39, 0.29) is 10.8 Å². The summed E-state index contributed by atoms with van der Waals surface area (Å²) in [5.74, 6) is 2.79. The van der Waals surface area contributed by atoms with Crippen molar-refractivity contribution in [3.8, 4) is 5.75 Å². The monoisotopic (exact) mass is 492 g/mol. The predicted molar refractivity (Wildman–Crippen MR) is 132 cm³/mol. The highest BCUT2D eigenvalue weighted by Gasteiger charge is 2.35. The molecule has 2 aromatic carbocycles.